The number of benzene rings is 2. The van der Waals surface area contributed by atoms with E-state index in [4.69, 9.17) is 0 Å². The lowest BCUT2D eigenvalue weighted by molar-refractivity contribution is -0.0901. The SMILES string of the molecule is C\C=C(NC(CCO)c1ccccc1)/C(=C\N=C(/C)Nc1ccc(C)cc1)C(F)(F)F. The summed E-state index contributed by atoms with van der Waals surface area (Å²) >= 11 is 0. The lowest BCUT2D eigenvalue weighted by Gasteiger charge is -2.24. The number of nitrogens with one attached hydrogen (secondary N) is 2. The average Bonchev–Trinajstić information content (AvgIpc) is 2.73. The molecule has 4 nitrogen and oxygen atoms in total. The van der Waals surface area contributed by atoms with Gasteiger partial charge in [-0.2, -0.15) is 13.2 Å². The summed E-state index contributed by atoms with van der Waals surface area (Å²) in [6.45, 7) is 4.93. The molecule has 0 fully saturated rings. The van der Waals surface area contributed by atoms with E-state index in [1.807, 2.05) is 61.5 Å². The number of hydrogen-bond donors (Lipinski definition) is 3. The third kappa shape index (κ3) is 7.61. The Balaban J connectivity index is 2.28. The minimum absolute atomic E-state index is 0.0957. The van der Waals surface area contributed by atoms with E-state index in [-0.39, 0.29) is 18.7 Å². The number of hydrogen-bond acceptors (Lipinski definition) is 3. The smallest absolute Gasteiger partial charge is 0.396 e. The number of aliphatic hydroxyl groups excluding tert-OH is 1. The van der Waals surface area contributed by atoms with Gasteiger partial charge in [-0.15, -0.1) is 0 Å². The molecule has 0 saturated heterocycles. The van der Waals surface area contributed by atoms with Crippen LogP contribution in [0.2, 0.25) is 0 Å². The van der Waals surface area contributed by atoms with E-state index in [1.165, 1.54) is 13.0 Å². The van der Waals surface area contributed by atoms with Crippen LogP contribution < -0.4 is 10.6 Å². The molecule has 31 heavy (non-hydrogen) atoms. The van der Waals surface area contributed by atoms with Crippen molar-refractivity contribution < 1.29 is 18.3 Å². The first-order valence-electron chi connectivity index (χ1n) is 9.99. The van der Waals surface area contributed by atoms with Crippen molar-refractivity contribution >= 4 is 11.5 Å². The van der Waals surface area contributed by atoms with E-state index < -0.39 is 17.8 Å². The zero-order valence-electron chi connectivity index (χ0n) is 17.9. The first-order valence-corrected chi connectivity index (χ1v) is 9.99. The maximum atomic E-state index is 13.8. The van der Waals surface area contributed by atoms with E-state index in [9.17, 15) is 18.3 Å². The van der Waals surface area contributed by atoms with Crippen LogP contribution in [0.4, 0.5) is 18.9 Å². The summed E-state index contributed by atoms with van der Waals surface area (Å²) in [7, 11) is 0. The number of aliphatic imine (C=N–C) groups is 1. The van der Waals surface area contributed by atoms with Gasteiger partial charge in [0.2, 0.25) is 0 Å². The summed E-state index contributed by atoms with van der Waals surface area (Å²) in [4.78, 5) is 4.00. The summed E-state index contributed by atoms with van der Waals surface area (Å²) in [5.74, 6) is 0.330. The van der Waals surface area contributed by atoms with Crippen LogP contribution in [-0.2, 0) is 0 Å². The Kier molecular flexibility index (Phi) is 8.88. The van der Waals surface area contributed by atoms with Gasteiger partial charge in [-0.1, -0.05) is 54.1 Å². The van der Waals surface area contributed by atoms with Gasteiger partial charge in [0.25, 0.3) is 0 Å². The van der Waals surface area contributed by atoms with Crippen molar-refractivity contribution in [3.05, 3.63) is 89.3 Å². The normalized spacial score (nSPS) is 14.4. The second-order valence-corrected chi connectivity index (χ2v) is 7.07. The highest BCUT2D eigenvalue weighted by Gasteiger charge is 2.36. The number of amidine groups is 1. The number of anilines is 1. The topological polar surface area (TPSA) is 56.6 Å². The second-order valence-electron chi connectivity index (χ2n) is 7.07. The fourth-order valence-corrected chi connectivity index (χ4v) is 2.98. The molecule has 2 rings (SSSR count). The third-order valence-electron chi connectivity index (χ3n) is 4.60. The lowest BCUT2D eigenvalue weighted by Crippen LogP contribution is -2.27. The van der Waals surface area contributed by atoms with Crippen molar-refractivity contribution in [1.29, 1.82) is 0 Å². The van der Waals surface area contributed by atoms with Crippen LogP contribution in [0.25, 0.3) is 0 Å². The molecule has 2 aromatic carbocycles. The highest BCUT2D eigenvalue weighted by molar-refractivity contribution is 5.93. The lowest BCUT2D eigenvalue weighted by atomic mass is 10.0. The number of halogens is 3. The Labute approximate surface area is 181 Å². The van der Waals surface area contributed by atoms with Crippen molar-refractivity contribution in [3.8, 4) is 0 Å². The average molecular weight is 432 g/mol. The molecular formula is C24H28F3N3O. The Morgan fingerprint density at radius 1 is 1.10 bits per heavy atom. The van der Waals surface area contributed by atoms with Gasteiger partial charge >= 0.3 is 6.18 Å². The number of aryl methyl sites for hydroxylation is 1. The number of rotatable bonds is 8. The fourth-order valence-electron chi connectivity index (χ4n) is 2.98. The molecule has 1 unspecified atom stereocenters. The molecule has 0 saturated carbocycles. The maximum Gasteiger partial charge on any atom is 0.419 e. The number of allylic oxidation sites excluding steroid dienone is 2. The van der Waals surface area contributed by atoms with Gasteiger partial charge in [0.15, 0.2) is 0 Å². The molecular weight excluding hydrogens is 403 g/mol. The van der Waals surface area contributed by atoms with Crippen molar-refractivity contribution in [1.82, 2.24) is 5.32 Å². The Morgan fingerprint density at radius 2 is 1.74 bits per heavy atom. The van der Waals surface area contributed by atoms with Gasteiger partial charge in [-0.3, -0.25) is 0 Å². The van der Waals surface area contributed by atoms with E-state index in [1.54, 1.807) is 6.92 Å². The molecule has 7 heteroatoms. The molecule has 166 valence electrons. The van der Waals surface area contributed by atoms with E-state index in [0.717, 1.165) is 23.0 Å². The molecule has 3 N–H and O–H groups in total. The Bertz CT molecular complexity index is 917. The minimum Gasteiger partial charge on any atom is -0.396 e. The van der Waals surface area contributed by atoms with Gasteiger partial charge in [0.1, 0.15) is 5.84 Å². The van der Waals surface area contributed by atoms with Gasteiger partial charge in [0, 0.05) is 24.2 Å². The first kappa shape index (κ1) is 24.2. The quantitative estimate of drug-likeness (QED) is 0.278. The summed E-state index contributed by atoms with van der Waals surface area (Å²) in [5.41, 5.74) is 1.63. The molecule has 0 spiro atoms. The Morgan fingerprint density at radius 3 is 2.29 bits per heavy atom. The van der Waals surface area contributed by atoms with Crippen LogP contribution in [0.3, 0.4) is 0 Å². The predicted molar refractivity (Wildman–Crippen MR) is 120 cm³/mol. The minimum atomic E-state index is -4.61. The number of alkyl halides is 3. The highest BCUT2D eigenvalue weighted by Crippen LogP contribution is 2.32. The zero-order chi connectivity index (χ0) is 22.9. The summed E-state index contributed by atoms with van der Waals surface area (Å²) in [6, 6.07) is 16.1. The predicted octanol–water partition coefficient (Wildman–Crippen LogP) is 5.89. The molecule has 1 atom stereocenters. The first-order chi connectivity index (χ1) is 14.7. The van der Waals surface area contributed by atoms with Crippen molar-refractivity contribution in [2.24, 2.45) is 4.99 Å². The van der Waals surface area contributed by atoms with Crippen LogP contribution in [-0.4, -0.2) is 23.7 Å². The molecule has 0 aliphatic carbocycles. The van der Waals surface area contributed by atoms with Crippen LogP contribution in [0.1, 0.15) is 37.4 Å². The van der Waals surface area contributed by atoms with E-state index in [0.29, 0.717) is 5.84 Å². The van der Waals surface area contributed by atoms with Gasteiger partial charge < -0.3 is 15.7 Å². The molecule has 0 radical (unpaired) electrons. The monoisotopic (exact) mass is 431 g/mol. The van der Waals surface area contributed by atoms with Crippen molar-refractivity contribution in [2.45, 2.75) is 39.4 Å². The van der Waals surface area contributed by atoms with Gasteiger partial charge in [0.05, 0.1) is 11.6 Å². The zero-order valence-corrected chi connectivity index (χ0v) is 17.9. The maximum absolute atomic E-state index is 13.8. The fraction of sp³-hybridized carbons (Fsp3) is 0.292. The van der Waals surface area contributed by atoms with E-state index in [2.05, 4.69) is 15.6 Å². The number of nitrogens with zero attached hydrogens (tertiary/aromatic N) is 1. The van der Waals surface area contributed by atoms with Gasteiger partial charge in [-0.05, 0) is 44.9 Å². The van der Waals surface area contributed by atoms with Crippen molar-refractivity contribution in [3.63, 3.8) is 0 Å². The molecule has 0 aliphatic heterocycles. The molecule has 0 amide bonds. The summed E-state index contributed by atoms with van der Waals surface area (Å²) in [6.07, 6.45) is -2.16. The largest absolute Gasteiger partial charge is 0.419 e. The van der Waals surface area contributed by atoms with Crippen LogP contribution in [0.15, 0.2) is 83.1 Å². The Hall–Kier alpha value is -3.06. The van der Waals surface area contributed by atoms with Crippen LogP contribution in [0.5, 0.6) is 0 Å². The van der Waals surface area contributed by atoms with Crippen LogP contribution in [0, 0.1) is 6.92 Å². The standard InChI is InChI=1S/C24H28F3N3O/c1-4-22(30-23(14-15-31)19-8-6-5-7-9-19)21(24(25,26)27)16-28-18(3)29-20-12-10-17(2)11-13-20/h4-13,16,23,30-31H,14-15H2,1-3H3,(H,28,29)/b21-16+,22-4+. The molecule has 0 aromatic heterocycles. The molecule has 2 aromatic rings. The van der Waals surface area contributed by atoms with E-state index >= 15 is 0 Å². The third-order valence-corrected chi connectivity index (χ3v) is 4.60. The summed E-state index contributed by atoms with van der Waals surface area (Å²) < 4.78 is 41.5. The molecule has 0 aliphatic rings. The summed E-state index contributed by atoms with van der Waals surface area (Å²) in [5, 5.41) is 15.3. The second kappa shape index (κ2) is 11.4. The highest BCUT2D eigenvalue weighted by atomic mass is 19.4. The van der Waals surface area contributed by atoms with Crippen LogP contribution >= 0.6 is 0 Å². The van der Waals surface area contributed by atoms with Crippen molar-refractivity contribution in [2.75, 3.05) is 11.9 Å². The molecule has 0 heterocycles. The van der Waals surface area contributed by atoms with Gasteiger partial charge in [-0.25, -0.2) is 4.99 Å². The molecule has 0 bridgehead atoms. The number of aliphatic hydroxyl groups is 1.